The van der Waals surface area contributed by atoms with Gasteiger partial charge in [-0.2, -0.15) is 0 Å². The molecule has 0 bridgehead atoms. The second kappa shape index (κ2) is 7.48. The van der Waals surface area contributed by atoms with Crippen LogP contribution in [0.25, 0.3) is 0 Å². The van der Waals surface area contributed by atoms with Crippen LogP contribution in [0.5, 0.6) is 0 Å². The zero-order valence-corrected chi connectivity index (χ0v) is 14.4. The molecule has 3 rings (SSSR count). The summed E-state index contributed by atoms with van der Waals surface area (Å²) >= 11 is 0. The van der Waals surface area contributed by atoms with Crippen LogP contribution in [-0.2, 0) is 11.2 Å². The van der Waals surface area contributed by atoms with Gasteiger partial charge in [-0.25, -0.2) is 0 Å². The first-order chi connectivity index (χ1) is 11.2. The summed E-state index contributed by atoms with van der Waals surface area (Å²) in [4.78, 5) is 15.5. The molecule has 1 saturated carbocycles. The fraction of sp³-hybridized carbons (Fsp3) is 0.650. The third-order valence-electron chi connectivity index (χ3n) is 5.60. The molecule has 3 heteroatoms. The number of amides is 1. The summed E-state index contributed by atoms with van der Waals surface area (Å²) in [6.45, 7) is 5.07. The van der Waals surface area contributed by atoms with Crippen LogP contribution in [0.1, 0.15) is 56.1 Å². The summed E-state index contributed by atoms with van der Waals surface area (Å²) in [5.41, 5.74) is 2.39. The van der Waals surface area contributed by atoms with Gasteiger partial charge in [0.05, 0.1) is 0 Å². The number of hydrogen-bond acceptors (Lipinski definition) is 2. The fourth-order valence-corrected chi connectivity index (χ4v) is 4.32. The number of hydrogen-bond donors (Lipinski definition) is 1. The van der Waals surface area contributed by atoms with Gasteiger partial charge in [0.25, 0.3) is 0 Å². The summed E-state index contributed by atoms with van der Waals surface area (Å²) in [5, 5.41) is 3.26. The van der Waals surface area contributed by atoms with E-state index >= 15 is 0 Å². The number of likely N-dealkylation sites (tertiary alicyclic amines) is 1. The summed E-state index contributed by atoms with van der Waals surface area (Å²) in [6.07, 6.45) is 9.18. The van der Waals surface area contributed by atoms with Crippen molar-refractivity contribution in [1.82, 2.24) is 10.2 Å². The molecule has 1 amide bonds. The van der Waals surface area contributed by atoms with Gasteiger partial charge in [0.2, 0.25) is 5.91 Å². The van der Waals surface area contributed by atoms with Crippen molar-refractivity contribution >= 4 is 5.91 Å². The van der Waals surface area contributed by atoms with Gasteiger partial charge in [-0.1, -0.05) is 49.1 Å². The van der Waals surface area contributed by atoms with Gasteiger partial charge in [-0.3, -0.25) is 9.69 Å². The van der Waals surface area contributed by atoms with Crippen LogP contribution in [0.2, 0.25) is 0 Å². The second-order valence-electron chi connectivity index (χ2n) is 7.28. The Morgan fingerprint density at radius 1 is 1.13 bits per heavy atom. The largest absolute Gasteiger partial charge is 0.354 e. The average Bonchev–Trinajstić information content (AvgIpc) is 3.10. The zero-order chi connectivity index (χ0) is 16.1. The summed E-state index contributed by atoms with van der Waals surface area (Å²) < 4.78 is 0. The lowest BCUT2D eigenvalue weighted by atomic mass is 9.79. The molecule has 1 aliphatic carbocycles. The molecule has 2 aliphatic rings. The Kier molecular flexibility index (Phi) is 5.37. The Bertz CT molecular complexity index is 528. The van der Waals surface area contributed by atoms with Gasteiger partial charge < -0.3 is 5.32 Å². The highest BCUT2D eigenvalue weighted by Gasteiger charge is 2.45. The van der Waals surface area contributed by atoms with Crippen molar-refractivity contribution in [3.63, 3.8) is 0 Å². The maximum absolute atomic E-state index is 13.0. The van der Waals surface area contributed by atoms with Crippen molar-refractivity contribution in [1.29, 1.82) is 0 Å². The zero-order valence-electron chi connectivity index (χ0n) is 14.4. The number of nitrogens with one attached hydrogen (secondary N) is 1. The molecule has 1 N–H and O–H groups in total. The smallest absolute Gasteiger partial charge is 0.240 e. The van der Waals surface area contributed by atoms with E-state index in [9.17, 15) is 4.79 Å². The first kappa shape index (κ1) is 16.5. The van der Waals surface area contributed by atoms with Crippen LogP contribution in [-0.4, -0.2) is 36.0 Å². The maximum atomic E-state index is 13.0. The normalized spacial score (nSPS) is 21.3. The number of benzene rings is 1. The highest BCUT2D eigenvalue weighted by atomic mass is 16.2. The Balaban J connectivity index is 1.60. The first-order valence-electron chi connectivity index (χ1n) is 9.30. The quantitative estimate of drug-likeness (QED) is 0.903. The van der Waals surface area contributed by atoms with Crippen molar-refractivity contribution in [3.8, 4) is 0 Å². The Morgan fingerprint density at radius 3 is 2.57 bits per heavy atom. The molecule has 3 nitrogen and oxygen atoms in total. The average molecular weight is 314 g/mol. The van der Waals surface area contributed by atoms with Gasteiger partial charge in [0, 0.05) is 6.54 Å². The van der Waals surface area contributed by atoms with E-state index < -0.39 is 0 Å². The van der Waals surface area contributed by atoms with Crippen molar-refractivity contribution in [3.05, 3.63) is 35.4 Å². The van der Waals surface area contributed by atoms with E-state index in [0.29, 0.717) is 0 Å². The second-order valence-corrected chi connectivity index (χ2v) is 7.28. The number of aryl methyl sites for hydroxylation is 1. The number of carbonyl (C=O) groups is 1. The molecule has 2 fully saturated rings. The molecule has 1 heterocycles. The van der Waals surface area contributed by atoms with E-state index in [2.05, 4.69) is 41.4 Å². The molecule has 1 saturated heterocycles. The molecule has 1 aromatic rings. The van der Waals surface area contributed by atoms with E-state index in [-0.39, 0.29) is 11.4 Å². The van der Waals surface area contributed by atoms with Crippen LogP contribution >= 0.6 is 0 Å². The van der Waals surface area contributed by atoms with Gasteiger partial charge in [0.15, 0.2) is 0 Å². The predicted molar refractivity (Wildman–Crippen MR) is 94.5 cm³/mol. The van der Waals surface area contributed by atoms with Crippen LogP contribution in [0.15, 0.2) is 24.3 Å². The molecule has 126 valence electrons. The minimum Gasteiger partial charge on any atom is -0.354 e. The topological polar surface area (TPSA) is 32.3 Å². The van der Waals surface area contributed by atoms with E-state index in [0.717, 1.165) is 38.9 Å². The molecular formula is C20H30N2O. The molecule has 0 spiro atoms. The molecular weight excluding hydrogens is 284 g/mol. The lowest BCUT2D eigenvalue weighted by molar-refractivity contribution is -0.135. The molecule has 0 unspecified atom stereocenters. The highest BCUT2D eigenvalue weighted by molar-refractivity contribution is 5.86. The molecule has 0 radical (unpaired) electrons. The third-order valence-corrected chi connectivity index (χ3v) is 5.60. The Morgan fingerprint density at radius 2 is 1.87 bits per heavy atom. The standard InChI is InChI=1S/C20H30N2O/c1-17-8-7-9-18(16-17)10-13-21-19(23)20(11-3-2-4-12-20)22-14-5-6-15-22/h7-9,16H,2-6,10-15H2,1H3,(H,21,23). The highest BCUT2D eigenvalue weighted by Crippen LogP contribution is 2.36. The van der Waals surface area contributed by atoms with Crippen LogP contribution in [0.4, 0.5) is 0 Å². The molecule has 0 aromatic heterocycles. The Hall–Kier alpha value is -1.35. The number of carbonyl (C=O) groups excluding carboxylic acids is 1. The van der Waals surface area contributed by atoms with Gasteiger partial charge in [-0.05, 0) is 57.7 Å². The fourth-order valence-electron chi connectivity index (χ4n) is 4.32. The molecule has 23 heavy (non-hydrogen) atoms. The SMILES string of the molecule is Cc1cccc(CCNC(=O)C2(N3CCCC3)CCCCC2)c1. The molecule has 0 atom stereocenters. The van der Waals surface area contributed by atoms with Gasteiger partial charge >= 0.3 is 0 Å². The van der Waals surface area contributed by atoms with E-state index in [4.69, 9.17) is 0 Å². The van der Waals surface area contributed by atoms with Crippen molar-refractivity contribution in [2.24, 2.45) is 0 Å². The van der Waals surface area contributed by atoms with E-state index in [1.807, 2.05) is 0 Å². The maximum Gasteiger partial charge on any atom is 0.240 e. The number of rotatable bonds is 5. The number of nitrogens with zero attached hydrogens (tertiary/aromatic N) is 1. The van der Waals surface area contributed by atoms with Crippen LogP contribution in [0, 0.1) is 6.92 Å². The Labute approximate surface area is 140 Å². The first-order valence-corrected chi connectivity index (χ1v) is 9.30. The van der Waals surface area contributed by atoms with Crippen molar-refractivity contribution in [2.45, 2.75) is 63.8 Å². The van der Waals surface area contributed by atoms with Crippen LogP contribution in [0.3, 0.4) is 0 Å². The lowest BCUT2D eigenvalue weighted by Gasteiger charge is -2.43. The van der Waals surface area contributed by atoms with E-state index in [1.165, 1.54) is 43.2 Å². The van der Waals surface area contributed by atoms with E-state index in [1.54, 1.807) is 0 Å². The summed E-state index contributed by atoms with van der Waals surface area (Å²) in [7, 11) is 0. The third kappa shape index (κ3) is 3.77. The summed E-state index contributed by atoms with van der Waals surface area (Å²) in [6, 6.07) is 8.57. The van der Waals surface area contributed by atoms with Gasteiger partial charge in [0.1, 0.15) is 5.54 Å². The van der Waals surface area contributed by atoms with Gasteiger partial charge in [-0.15, -0.1) is 0 Å². The minimum atomic E-state index is -0.207. The van der Waals surface area contributed by atoms with Crippen molar-refractivity contribution in [2.75, 3.05) is 19.6 Å². The van der Waals surface area contributed by atoms with Crippen LogP contribution < -0.4 is 5.32 Å². The summed E-state index contributed by atoms with van der Waals surface area (Å²) in [5.74, 6) is 0.284. The minimum absolute atomic E-state index is 0.207. The molecule has 1 aliphatic heterocycles. The predicted octanol–water partition coefficient (Wildman–Crippen LogP) is 3.45. The molecule has 1 aromatic carbocycles. The van der Waals surface area contributed by atoms with Crippen molar-refractivity contribution < 1.29 is 4.79 Å². The monoisotopic (exact) mass is 314 g/mol. The lowest BCUT2D eigenvalue weighted by Crippen LogP contribution is -2.59.